The van der Waals surface area contributed by atoms with E-state index in [-0.39, 0.29) is 18.3 Å². The van der Waals surface area contributed by atoms with Gasteiger partial charge in [0.05, 0.1) is 23.7 Å². The van der Waals surface area contributed by atoms with Gasteiger partial charge in [-0.25, -0.2) is 8.42 Å². The molecular weight excluding hydrogens is 349 g/mol. The minimum Gasteiger partial charge on any atom is -0.263 e. The second kappa shape index (κ2) is 5.72. The number of nitrogens with zero attached hydrogens (tertiary/aromatic N) is 2. The van der Waals surface area contributed by atoms with Gasteiger partial charge in [0.15, 0.2) is 0 Å². The molecular formula is C14H11F3N2O2S2. The Morgan fingerprint density at radius 3 is 2.87 bits per heavy atom. The van der Waals surface area contributed by atoms with E-state index in [1.165, 1.54) is 24.2 Å². The summed E-state index contributed by atoms with van der Waals surface area (Å²) in [5, 5.41) is 0. The summed E-state index contributed by atoms with van der Waals surface area (Å²) in [5.74, 6) is 0.404. The number of alkyl halides is 3. The van der Waals surface area contributed by atoms with Gasteiger partial charge in [-0.1, -0.05) is 6.07 Å². The standard InChI is InChI=1S/C14H11F3N2O2S2/c15-14(16,17)10-2-1-3-11(8-10)23(20,21)19-6-7-22-13-4-5-18-9-12(13)19/h1-5,8-9H,6-7H2/i4D. The normalized spacial score (nSPS) is 16.0. The van der Waals surface area contributed by atoms with Crippen molar-refractivity contribution < 1.29 is 23.0 Å². The summed E-state index contributed by atoms with van der Waals surface area (Å²) >= 11 is 1.32. The van der Waals surface area contributed by atoms with Crippen molar-refractivity contribution in [2.75, 3.05) is 16.6 Å². The lowest BCUT2D eigenvalue weighted by molar-refractivity contribution is -0.137. The van der Waals surface area contributed by atoms with Crippen molar-refractivity contribution in [2.45, 2.75) is 16.0 Å². The number of pyridine rings is 1. The van der Waals surface area contributed by atoms with Gasteiger partial charge in [0, 0.05) is 23.4 Å². The number of sulfonamides is 1. The molecule has 0 atom stereocenters. The molecule has 0 bridgehead atoms. The van der Waals surface area contributed by atoms with Crippen LogP contribution in [0.2, 0.25) is 0 Å². The largest absolute Gasteiger partial charge is 0.416 e. The lowest BCUT2D eigenvalue weighted by Crippen LogP contribution is -2.35. The molecule has 0 saturated heterocycles. The van der Waals surface area contributed by atoms with E-state index in [0.717, 1.165) is 22.5 Å². The molecule has 23 heavy (non-hydrogen) atoms. The van der Waals surface area contributed by atoms with E-state index in [1.807, 2.05) is 0 Å². The summed E-state index contributed by atoms with van der Waals surface area (Å²) in [7, 11) is -4.18. The molecule has 4 nitrogen and oxygen atoms in total. The first-order chi connectivity index (χ1) is 11.2. The van der Waals surface area contributed by atoms with Crippen molar-refractivity contribution in [1.29, 1.82) is 0 Å². The Balaban J connectivity index is 2.09. The van der Waals surface area contributed by atoms with Crippen LogP contribution in [0.5, 0.6) is 0 Å². The number of rotatable bonds is 2. The third kappa shape index (κ3) is 3.02. The van der Waals surface area contributed by atoms with Gasteiger partial charge >= 0.3 is 6.18 Å². The monoisotopic (exact) mass is 361 g/mol. The maximum atomic E-state index is 12.8. The van der Waals surface area contributed by atoms with Crippen LogP contribution in [-0.2, 0) is 16.2 Å². The van der Waals surface area contributed by atoms with Crippen LogP contribution in [0, 0.1) is 0 Å². The van der Waals surface area contributed by atoms with Crippen LogP contribution in [0.4, 0.5) is 18.9 Å². The summed E-state index contributed by atoms with van der Waals surface area (Å²) in [6.07, 6.45) is -2.02. The maximum Gasteiger partial charge on any atom is 0.416 e. The van der Waals surface area contributed by atoms with Crippen molar-refractivity contribution in [3.8, 4) is 0 Å². The minimum absolute atomic E-state index is 0.0847. The Morgan fingerprint density at radius 2 is 2.13 bits per heavy atom. The SMILES string of the molecule is [2H]c1cncc2c1SCCN2S(=O)(=O)c1cccc(C(F)(F)F)c1. The predicted molar refractivity (Wildman–Crippen MR) is 80.9 cm³/mol. The fourth-order valence-corrected chi connectivity index (χ4v) is 4.80. The van der Waals surface area contributed by atoms with E-state index in [9.17, 15) is 21.6 Å². The molecule has 0 N–H and O–H groups in total. The summed E-state index contributed by atoms with van der Waals surface area (Å²) in [5.41, 5.74) is -0.807. The molecule has 2 aromatic rings. The van der Waals surface area contributed by atoms with Gasteiger partial charge in [0.2, 0.25) is 0 Å². The molecule has 0 fully saturated rings. The Kier molecular flexibility index (Phi) is 3.68. The van der Waals surface area contributed by atoms with Crippen molar-refractivity contribution in [3.05, 3.63) is 48.3 Å². The fourth-order valence-electron chi connectivity index (χ4n) is 2.19. The Morgan fingerprint density at radius 1 is 1.35 bits per heavy atom. The lowest BCUT2D eigenvalue weighted by Gasteiger charge is -2.29. The molecule has 1 aliphatic heterocycles. The number of fused-ring (bicyclic) bond motifs is 1. The van der Waals surface area contributed by atoms with E-state index < -0.39 is 26.7 Å². The molecule has 0 saturated carbocycles. The highest BCUT2D eigenvalue weighted by Crippen LogP contribution is 2.37. The van der Waals surface area contributed by atoms with Gasteiger partial charge < -0.3 is 0 Å². The third-order valence-corrected chi connectivity index (χ3v) is 6.07. The zero-order chi connectivity index (χ0) is 17.5. The summed E-state index contributed by atoms with van der Waals surface area (Å²) in [4.78, 5) is 3.84. The van der Waals surface area contributed by atoms with Gasteiger partial charge in [-0.15, -0.1) is 11.8 Å². The maximum absolute atomic E-state index is 12.8. The lowest BCUT2D eigenvalue weighted by atomic mass is 10.2. The highest BCUT2D eigenvalue weighted by molar-refractivity contribution is 8.00. The van der Waals surface area contributed by atoms with E-state index in [2.05, 4.69) is 4.98 Å². The highest BCUT2D eigenvalue weighted by Gasteiger charge is 2.34. The molecule has 1 aromatic heterocycles. The topological polar surface area (TPSA) is 50.3 Å². The van der Waals surface area contributed by atoms with E-state index in [4.69, 9.17) is 1.37 Å². The van der Waals surface area contributed by atoms with Crippen LogP contribution in [0.25, 0.3) is 0 Å². The Labute approximate surface area is 136 Å². The molecule has 0 amide bonds. The van der Waals surface area contributed by atoms with Crippen molar-refractivity contribution in [3.63, 3.8) is 0 Å². The zero-order valence-electron chi connectivity index (χ0n) is 12.5. The number of halogens is 3. The summed E-state index contributed by atoms with van der Waals surface area (Å²) < 4.78 is 73.0. The molecule has 3 rings (SSSR count). The average Bonchev–Trinajstić information content (AvgIpc) is 2.54. The summed E-state index contributed by atoms with van der Waals surface area (Å²) in [6, 6.07) is 3.72. The number of hydrogen-bond acceptors (Lipinski definition) is 4. The number of anilines is 1. The number of benzene rings is 1. The van der Waals surface area contributed by atoms with Crippen LogP contribution in [0.3, 0.4) is 0 Å². The van der Waals surface area contributed by atoms with Gasteiger partial charge in [-0.05, 0) is 24.2 Å². The van der Waals surface area contributed by atoms with Gasteiger partial charge in [0.25, 0.3) is 10.0 Å². The molecule has 0 spiro atoms. The number of thioether (sulfide) groups is 1. The van der Waals surface area contributed by atoms with Gasteiger partial charge in [-0.2, -0.15) is 13.2 Å². The van der Waals surface area contributed by atoms with Gasteiger partial charge in [0.1, 0.15) is 0 Å². The second-order valence-electron chi connectivity index (χ2n) is 4.72. The highest BCUT2D eigenvalue weighted by atomic mass is 32.2. The molecule has 122 valence electrons. The minimum atomic E-state index is -4.63. The van der Waals surface area contributed by atoms with Crippen LogP contribution >= 0.6 is 11.8 Å². The molecule has 1 aliphatic rings. The smallest absolute Gasteiger partial charge is 0.263 e. The average molecular weight is 361 g/mol. The third-order valence-electron chi connectivity index (χ3n) is 3.26. The Bertz CT molecular complexity index is 888. The zero-order valence-corrected chi connectivity index (χ0v) is 13.2. The second-order valence-corrected chi connectivity index (χ2v) is 7.68. The van der Waals surface area contributed by atoms with Crippen molar-refractivity contribution in [1.82, 2.24) is 4.98 Å². The molecule has 0 radical (unpaired) electrons. The quantitative estimate of drug-likeness (QED) is 0.823. The molecule has 0 aliphatic carbocycles. The van der Waals surface area contributed by atoms with Crippen LogP contribution in [0.15, 0.2) is 52.5 Å². The first-order valence-corrected chi connectivity index (χ1v) is 8.91. The molecule has 9 heteroatoms. The van der Waals surface area contributed by atoms with Gasteiger partial charge in [-0.3, -0.25) is 9.29 Å². The molecule has 0 unspecified atom stereocenters. The first-order valence-electron chi connectivity index (χ1n) is 6.98. The van der Waals surface area contributed by atoms with Crippen LogP contribution in [0.1, 0.15) is 6.93 Å². The van der Waals surface area contributed by atoms with Crippen molar-refractivity contribution >= 4 is 27.5 Å². The first kappa shape index (κ1) is 14.8. The van der Waals surface area contributed by atoms with Crippen LogP contribution < -0.4 is 4.31 Å². The number of hydrogen-bond donors (Lipinski definition) is 0. The molecule has 2 heterocycles. The van der Waals surface area contributed by atoms with E-state index >= 15 is 0 Å². The van der Waals surface area contributed by atoms with E-state index in [0.29, 0.717) is 16.7 Å². The predicted octanol–water partition coefficient (Wildman–Crippen LogP) is 3.40. The number of aromatic nitrogens is 1. The van der Waals surface area contributed by atoms with E-state index in [1.54, 1.807) is 0 Å². The van der Waals surface area contributed by atoms with Crippen LogP contribution in [-0.4, -0.2) is 25.7 Å². The fraction of sp³-hybridized carbons (Fsp3) is 0.214. The molecule has 1 aromatic carbocycles. The Hall–Kier alpha value is -1.74. The van der Waals surface area contributed by atoms with Crippen molar-refractivity contribution in [2.24, 2.45) is 0 Å². The summed E-state index contributed by atoms with van der Waals surface area (Å²) in [6.45, 7) is 0.0986.